The van der Waals surface area contributed by atoms with Crippen LogP contribution in [0.25, 0.3) is 32.9 Å². The minimum absolute atomic E-state index is 0. The molecule has 0 aliphatic carbocycles. The van der Waals surface area contributed by atoms with Crippen molar-refractivity contribution in [1.29, 1.82) is 0 Å². The van der Waals surface area contributed by atoms with Crippen LogP contribution in [0.1, 0.15) is 12.5 Å². The number of benzene rings is 3. The van der Waals surface area contributed by atoms with E-state index in [0.29, 0.717) is 0 Å². The molecule has 25 heavy (non-hydrogen) atoms. The van der Waals surface area contributed by atoms with Gasteiger partial charge in [0.2, 0.25) is 0 Å². The molecule has 0 amide bonds. The molecule has 1 heterocycles. The summed E-state index contributed by atoms with van der Waals surface area (Å²) in [5, 5.41) is 3.24. The zero-order valence-electron chi connectivity index (χ0n) is 14.0. The fourth-order valence-electron chi connectivity index (χ4n) is 3.35. The molecule has 1 aromatic heterocycles. The Morgan fingerprint density at radius 1 is 0.880 bits per heavy atom. The summed E-state index contributed by atoms with van der Waals surface area (Å²) < 4.78 is 0. The lowest BCUT2D eigenvalue weighted by Crippen LogP contribution is -1.98. The van der Waals surface area contributed by atoms with Gasteiger partial charge in [0, 0.05) is 27.7 Å². The molecule has 0 atom stereocenters. The summed E-state index contributed by atoms with van der Waals surface area (Å²) in [5.74, 6) is 0. The number of nitrogens with zero attached hydrogens (tertiary/aromatic N) is 1. The van der Waals surface area contributed by atoms with Crippen molar-refractivity contribution >= 4 is 50.0 Å². The predicted octanol–water partition coefficient (Wildman–Crippen LogP) is 5.36. The number of anilines is 2. The second kappa shape index (κ2) is 6.73. The highest BCUT2D eigenvalue weighted by Gasteiger charge is 2.15. The van der Waals surface area contributed by atoms with Gasteiger partial charge in [0.1, 0.15) is 0 Å². The average Bonchev–Trinajstić information content (AvgIpc) is 2.62. The van der Waals surface area contributed by atoms with Gasteiger partial charge in [-0.1, -0.05) is 43.3 Å². The number of aromatic nitrogens is 1. The first-order valence-electron chi connectivity index (χ1n) is 8.14. The molecule has 0 aliphatic rings. The van der Waals surface area contributed by atoms with E-state index >= 15 is 0 Å². The van der Waals surface area contributed by atoms with Crippen LogP contribution in [0.2, 0.25) is 0 Å². The van der Waals surface area contributed by atoms with E-state index in [1.807, 2.05) is 42.5 Å². The normalized spacial score (nSPS) is 10.8. The van der Waals surface area contributed by atoms with Crippen LogP contribution in [0, 0.1) is 0 Å². The molecule has 4 aromatic rings. The lowest BCUT2D eigenvalue weighted by Gasteiger charge is -2.15. The molecule has 3 aromatic carbocycles. The molecule has 0 unspecified atom stereocenters. The second-order valence-electron chi connectivity index (χ2n) is 6.02. The number of rotatable bonds is 2. The molecule has 0 bridgehead atoms. The molecule has 0 saturated carbocycles. The summed E-state index contributed by atoms with van der Waals surface area (Å²) in [6.45, 7) is 2.16. The Morgan fingerprint density at radius 3 is 2.36 bits per heavy atom. The third-order valence-corrected chi connectivity index (χ3v) is 4.51. The highest BCUT2D eigenvalue weighted by Crippen LogP contribution is 2.38. The average molecular weight is 394 g/mol. The fraction of sp³-hybridized carbons (Fsp3) is 0.0952. The predicted molar refractivity (Wildman–Crippen MR) is 113 cm³/mol. The summed E-state index contributed by atoms with van der Waals surface area (Å²) in [7, 11) is 0. The highest BCUT2D eigenvalue weighted by molar-refractivity contribution is 8.93. The Hall–Kier alpha value is -2.59. The monoisotopic (exact) mass is 393 g/mol. The zero-order valence-corrected chi connectivity index (χ0v) is 15.7. The molecule has 0 aliphatic heterocycles. The van der Waals surface area contributed by atoms with Crippen LogP contribution in [0.5, 0.6) is 0 Å². The minimum Gasteiger partial charge on any atom is -0.399 e. The summed E-state index contributed by atoms with van der Waals surface area (Å²) in [5.41, 5.74) is 18.1. The van der Waals surface area contributed by atoms with Crippen molar-refractivity contribution in [2.75, 3.05) is 11.5 Å². The third kappa shape index (κ3) is 2.83. The molecule has 0 fully saturated rings. The Kier molecular flexibility index (Phi) is 4.64. The van der Waals surface area contributed by atoms with Crippen LogP contribution >= 0.6 is 17.0 Å². The van der Waals surface area contributed by atoms with Crippen molar-refractivity contribution in [3.05, 3.63) is 66.2 Å². The number of hydrogen-bond donors (Lipinski definition) is 2. The molecule has 4 heteroatoms. The number of pyridine rings is 1. The van der Waals surface area contributed by atoms with Gasteiger partial charge in [-0.15, -0.1) is 17.0 Å². The summed E-state index contributed by atoms with van der Waals surface area (Å²) >= 11 is 0. The maximum atomic E-state index is 6.38. The smallest absolute Gasteiger partial charge is 0.0808 e. The van der Waals surface area contributed by atoms with Crippen LogP contribution in [0.3, 0.4) is 0 Å². The first-order valence-corrected chi connectivity index (χ1v) is 8.14. The lowest BCUT2D eigenvalue weighted by atomic mass is 9.94. The Balaban J connectivity index is 0.00000182. The van der Waals surface area contributed by atoms with Crippen molar-refractivity contribution < 1.29 is 0 Å². The van der Waals surface area contributed by atoms with E-state index in [2.05, 4.69) is 25.1 Å². The molecule has 4 rings (SSSR count). The van der Waals surface area contributed by atoms with Crippen molar-refractivity contribution in [3.63, 3.8) is 0 Å². The topological polar surface area (TPSA) is 64.9 Å². The third-order valence-electron chi connectivity index (χ3n) is 4.51. The van der Waals surface area contributed by atoms with Gasteiger partial charge in [0.15, 0.2) is 0 Å². The molecule has 0 radical (unpaired) electrons. The SMILES string of the molecule is Br.CCc1ccc(N)c2c(-c3ccccc3)nc3ccc(N)cc3c12. The number of nitrogens with two attached hydrogens (primary N) is 2. The molecular formula is C21H20BrN3. The van der Waals surface area contributed by atoms with E-state index in [4.69, 9.17) is 16.5 Å². The largest absolute Gasteiger partial charge is 0.399 e. The summed E-state index contributed by atoms with van der Waals surface area (Å²) in [6.07, 6.45) is 0.929. The molecule has 0 saturated heterocycles. The number of fused-ring (bicyclic) bond motifs is 3. The van der Waals surface area contributed by atoms with Gasteiger partial charge in [0.05, 0.1) is 11.2 Å². The molecule has 126 valence electrons. The van der Waals surface area contributed by atoms with Crippen LogP contribution in [0.4, 0.5) is 11.4 Å². The maximum absolute atomic E-state index is 6.38. The first-order chi connectivity index (χ1) is 11.7. The molecule has 4 N–H and O–H groups in total. The zero-order chi connectivity index (χ0) is 16.7. The Morgan fingerprint density at radius 2 is 1.64 bits per heavy atom. The molecule has 0 spiro atoms. The van der Waals surface area contributed by atoms with Gasteiger partial charge in [0.25, 0.3) is 0 Å². The van der Waals surface area contributed by atoms with Crippen molar-refractivity contribution in [1.82, 2.24) is 4.98 Å². The van der Waals surface area contributed by atoms with Gasteiger partial charge in [-0.25, -0.2) is 4.98 Å². The first kappa shape index (κ1) is 17.2. The minimum atomic E-state index is 0. The van der Waals surface area contributed by atoms with Gasteiger partial charge in [-0.3, -0.25) is 0 Å². The summed E-state index contributed by atoms with van der Waals surface area (Å²) in [6, 6.07) is 20.2. The van der Waals surface area contributed by atoms with Crippen molar-refractivity contribution in [2.24, 2.45) is 0 Å². The highest BCUT2D eigenvalue weighted by atomic mass is 79.9. The van der Waals surface area contributed by atoms with E-state index in [1.54, 1.807) is 0 Å². The maximum Gasteiger partial charge on any atom is 0.0808 e. The Labute approximate surface area is 157 Å². The van der Waals surface area contributed by atoms with E-state index in [1.165, 1.54) is 5.56 Å². The molecular weight excluding hydrogens is 374 g/mol. The number of nitrogen functional groups attached to an aromatic ring is 2. The van der Waals surface area contributed by atoms with E-state index in [9.17, 15) is 0 Å². The Bertz CT molecular complexity index is 1060. The van der Waals surface area contributed by atoms with Gasteiger partial charge >= 0.3 is 0 Å². The van der Waals surface area contributed by atoms with Gasteiger partial charge in [-0.05, 0) is 41.6 Å². The van der Waals surface area contributed by atoms with E-state index in [0.717, 1.165) is 50.7 Å². The number of hydrogen-bond acceptors (Lipinski definition) is 3. The van der Waals surface area contributed by atoms with E-state index in [-0.39, 0.29) is 17.0 Å². The van der Waals surface area contributed by atoms with Crippen LogP contribution < -0.4 is 11.5 Å². The van der Waals surface area contributed by atoms with E-state index < -0.39 is 0 Å². The number of halogens is 1. The van der Waals surface area contributed by atoms with Crippen LogP contribution in [-0.4, -0.2) is 4.98 Å². The molecule has 3 nitrogen and oxygen atoms in total. The number of aryl methyl sites for hydroxylation is 1. The second-order valence-corrected chi connectivity index (χ2v) is 6.02. The van der Waals surface area contributed by atoms with Crippen molar-refractivity contribution in [3.8, 4) is 11.3 Å². The van der Waals surface area contributed by atoms with Crippen LogP contribution in [-0.2, 0) is 6.42 Å². The van der Waals surface area contributed by atoms with Crippen molar-refractivity contribution in [2.45, 2.75) is 13.3 Å². The standard InChI is InChI=1S/C21H19N3.BrH/c1-2-13-8-10-17(23)20-19(13)16-12-15(22)9-11-18(16)24-21(20)14-6-4-3-5-7-14;/h3-12H,2,22-23H2,1H3;1H. The van der Waals surface area contributed by atoms with Gasteiger partial charge in [-0.2, -0.15) is 0 Å². The lowest BCUT2D eigenvalue weighted by molar-refractivity contribution is 1.16. The quantitative estimate of drug-likeness (QED) is 0.355. The fourth-order valence-corrected chi connectivity index (χ4v) is 3.35. The van der Waals surface area contributed by atoms with Gasteiger partial charge < -0.3 is 11.5 Å². The van der Waals surface area contributed by atoms with Crippen LogP contribution in [0.15, 0.2) is 60.7 Å². The summed E-state index contributed by atoms with van der Waals surface area (Å²) in [4.78, 5) is 4.92.